The molecule has 28 heavy (non-hydrogen) atoms. The molecule has 0 aliphatic heterocycles. The second-order valence-corrected chi connectivity index (χ2v) is 58.1. The van der Waals surface area contributed by atoms with Crippen LogP contribution in [0.4, 0.5) is 0 Å². The van der Waals surface area contributed by atoms with Crippen LogP contribution in [-0.4, -0.2) is 9.62 Å². The smallest absolute Gasteiger partial charge is 0.190 e. The average Bonchev–Trinajstić information content (AvgIpc) is 2.55. The third-order valence-corrected chi connectivity index (χ3v) is 36.2. The van der Waals surface area contributed by atoms with Gasteiger partial charge in [-0.3, -0.25) is 0 Å². The van der Waals surface area contributed by atoms with Gasteiger partial charge in [-0.2, -0.15) is 0 Å². The van der Waals surface area contributed by atoms with E-state index in [2.05, 4.69) is 384 Å². The lowest BCUT2D eigenvalue weighted by Gasteiger charge is -2.62. The fourth-order valence-electron chi connectivity index (χ4n) is 4.06. The van der Waals surface area contributed by atoms with E-state index in [0.717, 1.165) is 0 Å². The molecule has 2 aliphatic rings. The summed E-state index contributed by atoms with van der Waals surface area (Å²) in [6, 6.07) is 0. The number of fused-ring (bicyclic) bond motifs is 2. The second-order valence-electron chi connectivity index (χ2n) is 5.97. The minimum atomic E-state index is -1.20. The molecule has 0 amide bonds. The van der Waals surface area contributed by atoms with Crippen molar-refractivity contribution in [1.82, 2.24) is 0 Å². The first kappa shape index (κ1) is 36.6. The summed E-state index contributed by atoms with van der Waals surface area (Å²) in [5, 5.41) is 15.3. The Labute approximate surface area is 396 Å². The molecule has 0 aromatic carbocycles. The Morgan fingerprint density at radius 1 is 0.464 bits per heavy atom. The number of rotatable bonds is 3. The van der Waals surface area contributed by atoms with Gasteiger partial charge in [0.05, 0.1) is 14.3 Å². The molecule has 0 aromatic heterocycles. The van der Waals surface area contributed by atoms with Gasteiger partial charge in [0.1, 0.15) is 2.59 Å². The van der Waals surface area contributed by atoms with Gasteiger partial charge in [-0.25, -0.2) is 5.11 Å². The Balaban J connectivity index is 3.46. The summed E-state index contributed by atoms with van der Waals surface area (Å²) in [6.45, 7) is 0. The van der Waals surface area contributed by atoms with Crippen molar-refractivity contribution in [2.75, 3.05) is 0 Å². The highest BCUT2D eigenvalue weighted by Gasteiger charge is 3.08. The molecule has 3 atom stereocenters. The lowest BCUT2D eigenvalue weighted by Crippen LogP contribution is -2.72. The van der Waals surface area contributed by atoms with E-state index in [-0.39, 0.29) is 10.00 Å². The monoisotopic (exact) mass is 2290 g/mol. The third-order valence-electron chi connectivity index (χ3n) is 4.97. The van der Waals surface area contributed by atoms with Crippen molar-refractivity contribution in [2.24, 2.45) is 10.8 Å². The van der Waals surface area contributed by atoms with Gasteiger partial charge in [-0.1, -0.05) is 361 Å². The van der Waals surface area contributed by atoms with Crippen molar-refractivity contribution in [3.63, 3.8) is 0 Å². The van der Waals surface area contributed by atoms with Crippen LogP contribution in [0.15, 0.2) is 0 Å². The Bertz CT molecular complexity index is 629. The Hall–Kier alpha value is 12.4. The molecule has 1 nitrogen and oxygen atoms in total. The van der Waals surface area contributed by atoms with Crippen molar-refractivity contribution in [3.05, 3.63) is 0 Å². The van der Waals surface area contributed by atoms with Crippen molar-refractivity contribution in [2.45, 2.75) is 9.62 Å². The zero-order valence-electron chi connectivity index (χ0n) is 11.8. The number of alkyl halides is 17. The predicted molar refractivity (Wildman–Crippen MR) is 266 cm³/mol. The standard InChI is InChI=1S/C10I17O/c11-3-1(8(19,20)21,9(22,23)24)2(10(25,26)27,4(12,13)5(3,14)15)7(18,28)6(3,16)17. The van der Waals surface area contributed by atoms with E-state index >= 15 is 5.11 Å². The first-order chi connectivity index (χ1) is 11.8. The summed E-state index contributed by atoms with van der Waals surface area (Å²) < 4.78 is -3.17. The molecule has 0 aromatic rings. The largest absolute Gasteiger partial charge is 0.215 e. The second kappa shape index (κ2) is 11.1. The lowest BCUT2D eigenvalue weighted by molar-refractivity contribution is -0.0417. The molecule has 0 heterocycles. The molecule has 0 N–H and O–H groups in total. The molecule has 18 heteroatoms. The first-order valence-corrected chi connectivity index (χ1v) is 24.5. The van der Waals surface area contributed by atoms with E-state index in [1.165, 1.54) is 0 Å². The van der Waals surface area contributed by atoms with Crippen molar-refractivity contribution >= 4 is 384 Å². The molecule has 3 unspecified atom stereocenters. The zero-order chi connectivity index (χ0) is 23.0. The maximum Gasteiger partial charge on any atom is 0.190 e. The summed E-state index contributed by atoms with van der Waals surface area (Å²) >= 11 is 44.4. The van der Waals surface area contributed by atoms with Crippen LogP contribution in [0, 0.1) is 10.8 Å². The Morgan fingerprint density at radius 3 is 1.00 bits per heavy atom. The van der Waals surface area contributed by atoms with Gasteiger partial charge >= 0.3 is 0 Å². The minimum absolute atomic E-state index is 0.162. The van der Waals surface area contributed by atoms with Crippen molar-refractivity contribution < 1.29 is 5.11 Å². The summed E-state index contributed by atoms with van der Waals surface area (Å²) in [5.41, 5.74) is -0.897. The topological polar surface area (TPSA) is 19.9 Å². The molecular formula is C10I17O. The van der Waals surface area contributed by atoms with Gasteiger partial charge in [-0.15, -0.1) is 0 Å². The molecule has 2 saturated carbocycles. The van der Waals surface area contributed by atoms with Crippen LogP contribution in [0.3, 0.4) is 0 Å². The van der Waals surface area contributed by atoms with Crippen LogP contribution >= 0.6 is 384 Å². The highest BCUT2D eigenvalue weighted by molar-refractivity contribution is 14.3. The molecule has 2 rings (SSSR count). The van der Waals surface area contributed by atoms with Crippen LogP contribution in [-0.2, 0) is 5.11 Å². The maximum absolute atomic E-state index is 15.3. The van der Waals surface area contributed by atoms with E-state index in [1.54, 1.807) is 0 Å². The molecular weight excluding hydrogens is 2290 g/mol. The van der Waals surface area contributed by atoms with Crippen LogP contribution in [0.1, 0.15) is 0 Å². The normalized spacial score (nSPS) is 41.4. The highest BCUT2D eigenvalue weighted by atomic mass is 127. The van der Waals surface area contributed by atoms with Crippen molar-refractivity contribution in [3.8, 4) is 0 Å². The van der Waals surface area contributed by atoms with Crippen LogP contribution < -0.4 is 0 Å². The van der Waals surface area contributed by atoms with Crippen molar-refractivity contribution in [1.29, 1.82) is 0 Å². The average molecular weight is 2290 g/mol. The first-order valence-electron chi connectivity index (χ1n) is 6.17. The van der Waals surface area contributed by atoms with Gasteiger partial charge < -0.3 is 0 Å². The van der Waals surface area contributed by atoms with E-state index in [1.807, 2.05) is 0 Å². The highest BCUT2D eigenvalue weighted by Crippen LogP contribution is 3.03. The van der Waals surface area contributed by atoms with Gasteiger partial charge in [0, 0.05) is 0 Å². The molecule has 0 saturated heterocycles. The molecule has 2 fully saturated rings. The number of halogens is 17. The molecule has 165 valence electrons. The Morgan fingerprint density at radius 2 is 0.786 bits per heavy atom. The quantitative estimate of drug-likeness (QED) is 0.198. The van der Waals surface area contributed by atoms with E-state index in [0.29, 0.717) is 0 Å². The van der Waals surface area contributed by atoms with E-state index in [4.69, 9.17) is 0 Å². The zero-order valence-corrected chi connectivity index (χ0v) is 48.5. The van der Waals surface area contributed by atoms with Gasteiger partial charge in [0.25, 0.3) is 0 Å². The minimum Gasteiger partial charge on any atom is -0.215 e. The summed E-state index contributed by atoms with van der Waals surface area (Å²) in [5.74, 6) is 0. The van der Waals surface area contributed by atoms with E-state index < -0.39 is 10.5 Å². The predicted octanol–water partition coefficient (Wildman–Crippen LogP) is 13.3. The lowest BCUT2D eigenvalue weighted by atomic mass is 9.69. The fraction of sp³-hybridized carbons (Fsp3) is 1.00. The van der Waals surface area contributed by atoms with Gasteiger partial charge in [-0.05, 0) is 22.6 Å². The van der Waals surface area contributed by atoms with Gasteiger partial charge in [0.2, 0.25) is 0 Å². The van der Waals surface area contributed by atoms with Crippen LogP contribution in [0.5, 0.6) is 0 Å². The van der Waals surface area contributed by atoms with Crippen LogP contribution in [0.25, 0.3) is 0 Å². The molecule has 2 bridgehead atoms. The Kier molecular flexibility index (Phi) is 14.5. The number of hydrogen-bond acceptors (Lipinski definition) is 0. The third kappa shape index (κ3) is 4.32. The SMILES string of the molecule is [O]C1(I)C(I)(I)C2(I)C(I)(I)C(I)(I)C1(C(I)(I)I)C2(C(I)(I)I)C(I)(I)I. The molecule has 1 radical (unpaired) electrons. The maximum atomic E-state index is 15.3. The fourth-order valence-corrected chi connectivity index (χ4v) is 43.6. The van der Waals surface area contributed by atoms with Crippen LogP contribution in [0.2, 0.25) is 0 Å². The summed E-state index contributed by atoms with van der Waals surface area (Å²) in [4.78, 5) is 0. The number of hydrogen-bond donors (Lipinski definition) is 0. The summed E-state index contributed by atoms with van der Waals surface area (Å²) in [7, 11) is 0. The van der Waals surface area contributed by atoms with E-state index in [9.17, 15) is 0 Å². The molecule has 2 aliphatic carbocycles. The van der Waals surface area contributed by atoms with Gasteiger partial charge in [0.15, 0.2) is 3.61 Å². The summed E-state index contributed by atoms with van der Waals surface area (Å²) in [6.07, 6.45) is 0. The molecule has 0 spiro atoms.